The number of nitrogens with zero attached hydrogens (tertiary/aromatic N) is 1. The summed E-state index contributed by atoms with van der Waals surface area (Å²) < 4.78 is 24.7. The number of para-hydroxylation sites is 1. The molecule has 2 fully saturated rings. The fourth-order valence-electron chi connectivity index (χ4n) is 4.30. The van der Waals surface area contributed by atoms with E-state index in [0.717, 1.165) is 31.4 Å². The summed E-state index contributed by atoms with van der Waals surface area (Å²) in [5.41, 5.74) is 0.440. The fourth-order valence-corrected chi connectivity index (χ4v) is 7.50. The van der Waals surface area contributed by atoms with Gasteiger partial charge in [-0.05, 0) is 38.3 Å². The predicted molar refractivity (Wildman–Crippen MR) is 107 cm³/mol. The molecule has 0 radical (unpaired) electrons. The summed E-state index contributed by atoms with van der Waals surface area (Å²) in [5, 5.41) is 4.15. The van der Waals surface area contributed by atoms with Crippen LogP contribution in [0.25, 0.3) is 10.2 Å². The van der Waals surface area contributed by atoms with Gasteiger partial charge in [0.25, 0.3) is 5.91 Å². The Hall–Kier alpha value is -1.51. The van der Waals surface area contributed by atoms with E-state index >= 15 is 0 Å². The van der Waals surface area contributed by atoms with Gasteiger partial charge in [-0.25, -0.2) is 13.4 Å². The maximum absolute atomic E-state index is 12.5. The third kappa shape index (κ3) is 4.33. The molecule has 4 rings (SSSR count). The maximum atomic E-state index is 12.5. The minimum atomic E-state index is -3.02. The molecule has 0 aliphatic carbocycles. The number of quaternary nitrogens is 1. The smallest absolute Gasteiger partial charge is 0.275 e. The Kier molecular flexibility index (Phi) is 4.98. The molecule has 3 atom stereocenters. The minimum absolute atomic E-state index is 0.0467. The van der Waals surface area contributed by atoms with Gasteiger partial charge in [-0.1, -0.05) is 12.1 Å². The number of aromatic nitrogens is 1. The second-order valence-corrected chi connectivity index (χ2v) is 11.4. The summed E-state index contributed by atoms with van der Waals surface area (Å²) in [5.74, 6) is 0.561. The number of hydrogen-bond acceptors (Lipinski definition) is 5. The molecule has 0 saturated carbocycles. The van der Waals surface area contributed by atoms with Crippen LogP contribution in [0, 0.1) is 0 Å². The predicted octanol–water partition coefficient (Wildman–Crippen LogP) is 0.752. The molecule has 1 unspecified atom stereocenters. The van der Waals surface area contributed by atoms with E-state index in [2.05, 4.69) is 11.4 Å². The van der Waals surface area contributed by atoms with Crippen molar-refractivity contribution in [3.05, 3.63) is 29.3 Å². The molecule has 2 aliphatic heterocycles. The number of rotatable bonds is 4. The molecule has 8 heteroatoms. The van der Waals surface area contributed by atoms with E-state index in [1.165, 1.54) is 14.6 Å². The average Bonchev–Trinajstić information content (AvgIpc) is 3.15. The Morgan fingerprint density at radius 2 is 2.22 bits per heavy atom. The van der Waals surface area contributed by atoms with E-state index in [9.17, 15) is 13.2 Å². The van der Waals surface area contributed by atoms with Crippen LogP contribution < -0.4 is 10.2 Å². The number of nitrogens with one attached hydrogen (secondary N) is 2. The number of piperidine rings is 1. The van der Waals surface area contributed by atoms with Crippen LogP contribution in [0.2, 0.25) is 0 Å². The number of likely N-dealkylation sites (tertiary alicyclic amines) is 1. The van der Waals surface area contributed by atoms with Gasteiger partial charge in [0, 0.05) is 0 Å². The first-order chi connectivity index (χ1) is 12.8. The fraction of sp³-hybridized carbons (Fsp3) is 0.579. The van der Waals surface area contributed by atoms with Crippen molar-refractivity contribution in [2.45, 2.75) is 37.6 Å². The number of carbonyl (C=O) groups excluding carboxylic acids is 1. The number of hydrogen-bond donors (Lipinski definition) is 2. The average molecular weight is 409 g/mol. The van der Waals surface area contributed by atoms with Crippen molar-refractivity contribution in [1.29, 1.82) is 0 Å². The van der Waals surface area contributed by atoms with Gasteiger partial charge in [0.15, 0.2) is 16.4 Å². The van der Waals surface area contributed by atoms with Crippen LogP contribution >= 0.6 is 11.3 Å². The first kappa shape index (κ1) is 18.8. The molecule has 2 aliphatic rings. The number of benzene rings is 1. The highest BCUT2D eigenvalue weighted by molar-refractivity contribution is 7.91. The summed E-state index contributed by atoms with van der Waals surface area (Å²) in [6.07, 6.45) is 2.69. The van der Waals surface area contributed by atoms with E-state index in [0.29, 0.717) is 18.9 Å². The van der Waals surface area contributed by atoms with E-state index in [1.807, 2.05) is 25.1 Å². The molecule has 0 spiro atoms. The minimum Gasteiger partial charge on any atom is -0.345 e. The molecule has 1 aromatic heterocycles. The van der Waals surface area contributed by atoms with E-state index < -0.39 is 15.4 Å². The lowest BCUT2D eigenvalue weighted by molar-refractivity contribution is -0.898. The summed E-state index contributed by atoms with van der Waals surface area (Å²) in [7, 11) is -3.02. The molecule has 2 aromatic rings. The van der Waals surface area contributed by atoms with Gasteiger partial charge in [-0.3, -0.25) is 4.79 Å². The summed E-state index contributed by atoms with van der Waals surface area (Å²) in [6, 6.07) is 8.20. The highest BCUT2D eigenvalue weighted by atomic mass is 32.2. The van der Waals surface area contributed by atoms with Crippen molar-refractivity contribution in [1.82, 2.24) is 10.3 Å². The van der Waals surface area contributed by atoms with Crippen LogP contribution in [-0.2, 0) is 14.6 Å². The van der Waals surface area contributed by atoms with Crippen LogP contribution in [0.1, 0.15) is 37.1 Å². The molecule has 146 valence electrons. The van der Waals surface area contributed by atoms with Crippen LogP contribution in [0.15, 0.2) is 24.3 Å². The Morgan fingerprint density at radius 1 is 1.41 bits per heavy atom. The van der Waals surface area contributed by atoms with Crippen molar-refractivity contribution in [2.75, 3.05) is 31.1 Å². The zero-order chi connectivity index (χ0) is 19.1. The third-order valence-electron chi connectivity index (χ3n) is 5.63. The van der Waals surface area contributed by atoms with Crippen molar-refractivity contribution in [2.24, 2.45) is 0 Å². The second kappa shape index (κ2) is 7.14. The third-order valence-corrected chi connectivity index (χ3v) is 8.73. The Labute approximate surface area is 163 Å². The van der Waals surface area contributed by atoms with Gasteiger partial charge in [-0.2, -0.15) is 0 Å². The molecular formula is C19H26N3O3S2+. The monoisotopic (exact) mass is 408 g/mol. The zero-order valence-corrected chi connectivity index (χ0v) is 17.2. The van der Waals surface area contributed by atoms with Crippen LogP contribution in [-0.4, -0.2) is 56.0 Å². The highest BCUT2D eigenvalue weighted by Crippen LogP contribution is 2.30. The van der Waals surface area contributed by atoms with E-state index in [1.54, 1.807) is 11.3 Å². The number of fused-ring (bicyclic) bond motifs is 1. The van der Waals surface area contributed by atoms with Crippen LogP contribution in [0.3, 0.4) is 0 Å². The molecule has 3 heterocycles. The summed E-state index contributed by atoms with van der Waals surface area (Å²) in [4.78, 5) is 18.6. The number of sulfone groups is 1. The molecular weight excluding hydrogens is 382 g/mol. The van der Waals surface area contributed by atoms with Gasteiger partial charge in [0.05, 0.1) is 46.3 Å². The van der Waals surface area contributed by atoms with Gasteiger partial charge < -0.3 is 10.2 Å². The molecule has 2 N–H and O–H groups in total. The Balaban J connectivity index is 1.37. The Morgan fingerprint density at radius 3 is 2.96 bits per heavy atom. The van der Waals surface area contributed by atoms with Crippen molar-refractivity contribution in [3.8, 4) is 0 Å². The van der Waals surface area contributed by atoms with Crippen LogP contribution in [0.4, 0.5) is 0 Å². The number of thiazole rings is 1. The molecule has 1 aromatic carbocycles. The topological polar surface area (TPSA) is 80.6 Å². The van der Waals surface area contributed by atoms with Gasteiger partial charge in [0.1, 0.15) is 5.01 Å². The standard InChI is InChI=1S/C19H25N3O3S2/c1-19(8-10-27(24,25)13-19)21-17(23)12-22-9-4-5-14(11-22)18-20-15-6-2-3-7-16(15)26-18/h2-3,6-7,14H,4-5,8-13H2,1H3,(H,21,23)/p+1/t14-,19+/m0/s1. The first-order valence-electron chi connectivity index (χ1n) is 9.52. The molecule has 2 saturated heterocycles. The number of carbonyl (C=O) groups is 1. The first-order valence-corrected chi connectivity index (χ1v) is 12.2. The van der Waals surface area contributed by atoms with Gasteiger partial charge in [-0.15, -0.1) is 11.3 Å². The Bertz CT molecular complexity index is 923. The van der Waals surface area contributed by atoms with Crippen molar-refractivity contribution in [3.63, 3.8) is 0 Å². The van der Waals surface area contributed by atoms with E-state index in [-0.39, 0.29) is 17.4 Å². The van der Waals surface area contributed by atoms with E-state index in [4.69, 9.17) is 4.98 Å². The lowest BCUT2D eigenvalue weighted by Gasteiger charge is -2.30. The SMILES string of the molecule is C[C@@]1(NC(=O)C[NH+]2CCC[C@H](c3nc4ccccc4s3)C2)CCS(=O)(=O)C1. The van der Waals surface area contributed by atoms with Crippen molar-refractivity contribution < 1.29 is 18.1 Å². The molecule has 27 heavy (non-hydrogen) atoms. The highest BCUT2D eigenvalue weighted by Gasteiger charge is 2.40. The van der Waals surface area contributed by atoms with Crippen LogP contribution in [0.5, 0.6) is 0 Å². The normalized spacial score (nSPS) is 30.4. The van der Waals surface area contributed by atoms with Gasteiger partial charge >= 0.3 is 0 Å². The molecule has 6 nitrogen and oxygen atoms in total. The lowest BCUT2D eigenvalue weighted by Crippen LogP contribution is -3.14. The molecule has 0 bridgehead atoms. The second-order valence-electron chi connectivity index (χ2n) is 8.19. The zero-order valence-electron chi connectivity index (χ0n) is 15.5. The largest absolute Gasteiger partial charge is 0.345 e. The molecule has 1 amide bonds. The summed E-state index contributed by atoms with van der Waals surface area (Å²) in [6.45, 7) is 4.12. The lowest BCUT2D eigenvalue weighted by atomic mass is 9.98. The summed E-state index contributed by atoms with van der Waals surface area (Å²) >= 11 is 1.76. The van der Waals surface area contributed by atoms with Crippen molar-refractivity contribution >= 4 is 37.3 Å². The number of amides is 1. The maximum Gasteiger partial charge on any atom is 0.275 e. The van der Waals surface area contributed by atoms with Gasteiger partial charge in [0.2, 0.25) is 0 Å². The quantitative estimate of drug-likeness (QED) is 0.783.